The number of allylic oxidation sites excluding steroid dienone is 1. The monoisotopic (exact) mass is 432 g/mol. The van der Waals surface area contributed by atoms with E-state index in [4.69, 9.17) is 9.97 Å². The van der Waals surface area contributed by atoms with E-state index in [1.54, 1.807) is 0 Å². The normalized spacial score (nSPS) is 13.1. The van der Waals surface area contributed by atoms with E-state index in [2.05, 4.69) is 9.97 Å². The Kier molecular flexibility index (Phi) is 4.13. The number of fused-ring (bicyclic) bond motifs is 2. The van der Waals surface area contributed by atoms with Crippen LogP contribution in [0.15, 0.2) is 78.6 Å². The van der Waals surface area contributed by atoms with Crippen molar-refractivity contribution < 1.29 is 9.59 Å². The molecule has 0 saturated carbocycles. The average Bonchev–Trinajstić information content (AvgIpc) is 3.46. The van der Waals surface area contributed by atoms with E-state index in [-0.39, 0.29) is 17.0 Å². The van der Waals surface area contributed by atoms with E-state index in [1.807, 2.05) is 76.8 Å². The molecule has 0 aliphatic heterocycles. The Bertz CT molecular complexity index is 1560. The first-order valence-corrected chi connectivity index (χ1v) is 10.3. The maximum Gasteiger partial charge on any atom is 0.217 e. The molecule has 3 aromatic heterocycles. The zero-order chi connectivity index (χ0) is 22.5. The summed E-state index contributed by atoms with van der Waals surface area (Å²) in [5.41, 5.74) is 3.17. The molecule has 0 saturated heterocycles. The van der Waals surface area contributed by atoms with Crippen LogP contribution in [-0.4, -0.2) is 40.6 Å². The second kappa shape index (κ2) is 7.16. The van der Waals surface area contributed by atoms with Crippen molar-refractivity contribution in [3.8, 4) is 17.1 Å². The first-order chi connectivity index (χ1) is 16.1. The van der Waals surface area contributed by atoms with Crippen LogP contribution in [0, 0.1) is 0 Å². The number of Topliss-reactive ketones (excluding diaryl/α,β-unsaturated/α-hetero) is 2. The van der Waals surface area contributed by atoms with Gasteiger partial charge in [-0.1, -0.05) is 48.5 Å². The highest BCUT2D eigenvalue weighted by molar-refractivity contribution is 6.40. The number of hydrogen-bond donors (Lipinski definition) is 0. The minimum Gasteiger partial charge on any atom is -0.310 e. The number of carbonyl (C=O) groups excluding carboxylic acids is 2. The predicted molar refractivity (Wildman–Crippen MR) is 122 cm³/mol. The molecule has 6 rings (SSSR count). The highest BCUT2D eigenvalue weighted by atomic mass is 16.2. The summed E-state index contributed by atoms with van der Waals surface area (Å²) in [5, 5.41) is 0. The molecule has 33 heavy (non-hydrogen) atoms. The molecule has 0 spiro atoms. The van der Waals surface area contributed by atoms with E-state index in [1.165, 1.54) is 18.5 Å². The predicted octanol–water partition coefficient (Wildman–Crippen LogP) is 3.68. The lowest BCUT2D eigenvalue weighted by molar-refractivity contribution is 0.0988. The molecule has 8 nitrogen and oxygen atoms in total. The molecule has 8 heteroatoms. The molecular formula is C25H16N6O2. The Morgan fingerprint density at radius 3 is 2.00 bits per heavy atom. The third kappa shape index (κ3) is 2.85. The molecular weight excluding hydrogens is 416 g/mol. The summed E-state index contributed by atoms with van der Waals surface area (Å²) in [7, 11) is 1.90. The van der Waals surface area contributed by atoms with Crippen molar-refractivity contribution in [3.05, 3.63) is 95.8 Å². The number of para-hydroxylation sites is 1. The fourth-order valence-corrected chi connectivity index (χ4v) is 4.08. The van der Waals surface area contributed by atoms with Gasteiger partial charge in [0.15, 0.2) is 11.3 Å². The van der Waals surface area contributed by atoms with Crippen molar-refractivity contribution >= 4 is 28.9 Å². The number of hydrogen-bond acceptors (Lipinski definition) is 6. The zero-order valence-corrected chi connectivity index (χ0v) is 17.5. The summed E-state index contributed by atoms with van der Waals surface area (Å²) < 4.78 is 3.75. The molecule has 5 aromatic rings. The van der Waals surface area contributed by atoms with Gasteiger partial charge in [0.1, 0.15) is 23.0 Å². The van der Waals surface area contributed by atoms with Crippen molar-refractivity contribution in [2.45, 2.75) is 0 Å². The number of aromatic nitrogens is 6. The summed E-state index contributed by atoms with van der Waals surface area (Å²) in [6.45, 7) is 0. The van der Waals surface area contributed by atoms with E-state index in [9.17, 15) is 9.59 Å². The Hall–Kier alpha value is -4.72. The Morgan fingerprint density at radius 2 is 1.36 bits per heavy atom. The van der Waals surface area contributed by atoms with Crippen LogP contribution in [-0.2, 0) is 7.05 Å². The van der Waals surface area contributed by atoms with E-state index < -0.39 is 11.6 Å². The molecule has 3 heterocycles. The van der Waals surface area contributed by atoms with Crippen molar-refractivity contribution in [1.82, 2.24) is 29.1 Å². The highest BCUT2D eigenvalue weighted by Gasteiger charge is 2.36. The third-order valence-corrected chi connectivity index (χ3v) is 5.65. The van der Waals surface area contributed by atoms with Gasteiger partial charge in [0.2, 0.25) is 11.6 Å². The third-order valence-electron chi connectivity index (χ3n) is 5.65. The van der Waals surface area contributed by atoms with Crippen molar-refractivity contribution in [3.63, 3.8) is 0 Å². The number of rotatable bonds is 3. The Labute approximate surface area is 187 Å². The van der Waals surface area contributed by atoms with Crippen LogP contribution < -0.4 is 0 Å². The molecule has 1 aliphatic carbocycles. The van der Waals surface area contributed by atoms with E-state index >= 15 is 0 Å². The van der Waals surface area contributed by atoms with Crippen LogP contribution in [0.5, 0.6) is 0 Å². The molecule has 0 radical (unpaired) electrons. The molecule has 0 unspecified atom stereocenters. The van der Waals surface area contributed by atoms with E-state index in [0.29, 0.717) is 17.1 Å². The number of nitrogens with zero attached hydrogens (tertiary/aromatic N) is 6. The van der Waals surface area contributed by atoms with E-state index in [0.717, 1.165) is 17.1 Å². The average molecular weight is 432 g/mol. The van der Waals surface area contributed by atoms with Crippen molar-refractivity contribution in [1.29, 1.82) is 0 Å². The lowest BCUT2D eigenvalue weighted by atomic mass is 10.1. The quantitative estimate of drug-likeness (QED) is 0.319. The fourth-order valence-electron chi connectivity index (χ4n) is 4.08. The van der Waals surface area contributed by atoms with Gasteiger partial charge in [-0.25, -0.2) is 19.9 Å². The second-order valence-corrected chi connectivity index (χ2v) is 7.62. The number of benzene rings is 2. The smallest absolute Gasteiger partial charge is 0.217 e. The number of imidazole rings is 2. The van der Waals surface area contributed by atoms with Crippen molar-refractivity contribution in [2.75, 3.05) is 0 Å². The maximum absolute atomic E-state index is 12.9. The topological polar surface area (TPSA) is 95.6 Å². The second-order valence-electron chi connectivity index (χ2n) is 7.62. The van der Waals surface area contributed by atoms with Gasteiger partial charge in [-0.05, 0) is 18.2 Å². The summed E-state index contributed by atoms with van der Waals surface area (Å²) >= 11 is 0. The van der Waals surface area contributed by atoms with Gasteiger partial charge in [0.05, 0.1) is 5.57 Å². The minimum atomic E-state index is -0.451. The first-order valence-electron chi connectivity index (χ1n) is 10.3. The largest absolute Gasteiger partial charge is 0.310 e. The van der Waals surface area contributed by atoms with Crippen LogP contribution in [0.3, 0.4) is 0 Å². The van der Waals surface area contributed by atoms with Gasteiger partial charge < -0.3 is 4.57 Å². The molecule has 0 N–H and O–H groups in total. The van der Waals surface area contributed by atoms with Crippen LogP contribution in [0.25, 0.3) is 34.4 Å². The number of ketones is 2. The molecule has 2 aromatic carbocycles. The minimum absolute atomic E-state index is 0.00744. The van der Waals surface area contributed by atoms with Gasteiger partial charge in [-0.3, -0.25) is 14.2 Å². The summed E-state index contributed by atoms with van der Waals surface area (Å²) in [4.78, 5) is 43.5. The Balaban J connectivity index is 1.58. The van der Waals surface area contributed by atoms with Crippen LogP contribution >= 0.6 is 0 Å². The number of aryl methyl sites for hydroxylation is 1. The molecule has 0 amide bonds. The summed E-state index contributed by atoms with van der Waals surface area (Å²) in [5.74, 6) is 0.296. The van der Waals surface area contributed by atoms with Gasteiger partial charge >= 0.3 is 0 Å². The lowest BCUT2D eigenvalue weighted by Gasteiger charge is -2.06. The standard InChI is InChI=1S/C25H16N6O2/c1-30-23(15-8-4-2-5-9-15)29-25-24(30)28-18(31(25)16-10-6-3-7-11-16)14-17-21(32)19-20(22(17)33)27-13-12-26-19/h2-14H,1H3. The van der Waals surface area contributed by atoms with Gasteiger partial charge in [-0.2, -0.15) is 0 Å². The SMILES string of the molecule is Cn1c(-c2ccccc2)nc2c1nc(C=C1C(=O)c3nccnc3C1=O)n2-c1ccccc1. The molecule has 1 aliphatic rings. The number of carbonyl (C=O) groups is 2. The Morgan fingerprint density at radius 1 is 0.758 bits per heavy atom. The summed E-state index contributed by atoms with van der Waals surface area (Å²) in [6, 6.07) is 19.4. The van der Waals surface area contributed by atoms with Crippen LogP contribution in [0.4, 0.5) is 0 Å². The fraction of sp³-hybridized carbons (Fsp3) is 0.0400. The van der Waals surface area contributed by atoms with Crippen LogP contribution in [0.2, 0.25) is 0 Å². The van der Waals surface area contributed by atoms with Crippen LogP contribution in [0.1, 0.15) is 26.8 Å². The zero-order valence-electron chi connectivity index (χ0n) is 17.5. The molecule has 0 atom stereocenters. The van der Waals surface area contributed by atoms with Gasteiger partial charge in [0, 0.05) is 30.7 Å². The maximum atomic E-state index is 12.9. The summed E-state index contributed by atoms with van der Waals surface area (Å²) in [6.07, 6.45) is 4.31. The molecule has 0 bridgehead atoms. The molecule has 0 fully saturated rings. The van der Waals surface area contributed by atoms with Gasteiger partial charge in [-0.15, -0.1) is 0 Å². The molecule has 158 valence electrons. The highest BCUT2D eigenvalue weighted by Crippen LogP contribution is 2.30. The van der Waals surface area contributed by atoms with Gasteiger partial charge in [0.25, 0.3) is 0 Å². The lowest BCUT2D eigenvalue weighted by Crippen LogP contribution is -2.04. The first kappa shape index (κ1) is 19.0. The van der Waals surface area contributed by atoms with Crippen molar-refractivity contribution in [2.24, 2.45) is 7.05 Å².